The summed E-state index contributed by atoms with van der Waals surface area (Å²) in [7, 11) is 0. The molecule has 5 heteroatoms. The van der Waals surface area contributed by atoms with Gasteiger partial charge in [0.25, 0.3) is 0 Å². The molecule has 1 saturated heterocycles. The predicted octanol–water partition coefficient (Wildman–Crippen LogP) is 2.99. The number of nitrogens with one attached hydrogen (secondary N) is 1. The number of hydrogen-bond acceptors (Lipinski definition) is 4. The Morgan fingerprint density at radius 1 is 1.24 bits per heavy atom. The van der Waals surface area contributed by atoms with Crippen LogP contribution in [0.15, 0.2) is 24.3 Å². The van der Waals surface area contributed by atoms with E-state index >= 15 is 0 Å². The molecule has 1 aliphatic rings. The quantitative estimate of drug-likeness (QED) is 0.783. The van der Waals surface area contributed by atoms with Gasteiger partial charge in [0.1, 0.15) is 5.75 Å². The maximum Gasteiger partial charge on any atom is 0.227 e. The molecule has 1 aliphatic heterocycles. The topological polar surface area (TPSA) is 72.8 Å². The molecule has 1 heterocycles. The number of phenols is 1. The van der Waals surface area contributed by atoms with Crippen LogP contribution in [0.3, 0.4) is 0 Å². The Kier molecular flexibility index (Phi) is 4.00. The first kappa shape index (κ1) is 15.8. The zero-order chi connectivity index (χ0) is 15.8. The van der Waals surface area contributed by atoms with E-state index in [-0.39, 0.29) is 17.6 Å². The summed E-state index contributed by atoms with van der Waals surface area (Å²) in [6.45, 7) is 7.73. The molecule has 1 amide bonds. The highest BCUT2D eigenvalue weighted by atomic mass is 16.5. The van der Waals surface area contributed by atoms with Crippen LogP contribution in [0.4, 0.5) is 5.69 Å². The Balaban J connectivity index is 2.13. The van der Waals surface area contributed by atoms with Gasteiger partial charge in [0.2, 0.25) is 5.91 Å². The van der Waals surface area contributed by atoms with Gasteiger partial charge in [-0.3, -0.25) is 4.79 Å². The van der Waals surface area contributed by atoms with Gasteiger partial charge < -0.3 is 15.6 Å². The van der Waals surface area contributed by atoms with Crippen molar-refractivity contribution in [1.29, 1.82) is 0 Å². The fourth-order valence-corrected chi connectivity index (χ4v) is 3.28. The van der Waals surface area contributed by atoms with Crippen molar-refractivity contribution >= 4 is 11.6 Å². The van der Waals surface area contributed by atoms with Crippen molar-refractivity contribution in [3.8, 4) is 5.75 Å². The zero-order valence-electron chi connectivity index (χ0n) is 13.1. The minimum Gasteiger partial charge on any atom is -0.508 e. The number of carbonyl (C=O) groups is 1. The van der Waals surface area contributed by atoms with E-state index < -0.39 is 11.1 Å². The standard InChI is InChI=1S/C16H24N2O3/c1-15(2)9-11(10-16(3,4)18(15)21)14(20)17-12-6-5-7-13(19)8-12/h5-8,11,19,21H,9-10H2,1-4H3,(H,17,20). The minimum absolute atomic E-state index is 0.0742. The second kappa shape index (κ2) is 5.31. The van der Waals surface area contributed by atoms with E-state index in [0.29, 0.717) is 18.5 Å². The van der Waals surface area contributed by atoms with Gasteiger partial charge in [-0.15, -0.1) is 0 Å². The summed E-state index contributed by atoms with van der Waals surface area (Å²) < 4.78 is 0. The number of carbonyl (C=O) groups excluding carboxylic acids is 1. The van der Waals surface area contributed by atoms with E-state index in [1.165, 1.54) is 11.1 Å². The molecule has 1 fully saturated rings. The molecule has 1 aromatic rings. The van der Waals surface area contributed by atoms with Gasteiger partial charge in [0, 0.05) is 28.7 Å². The Labute approximate surface area is 125 Å². The van der Waals surface area contributed by atoms with E-state index in [9.17, 15) is 15.1 Å². The molecule has 0 aliphatic carbocycles. The fourth-order valence-electron chi connectivity index (χ4n) is 3.28. The van der Waals surface area contributed by atoms with Crippen molar-refractivity contribution in [2.45, 2.75) is 51.6 Å². The van der Waals surface area contributed by atoms with Crippen LogP contribution in [0.2, 0.25) is 0 Å². The van der Waals surface area contributed by atoms with E-state index in [1.54, 1.807) is 18.2 Å². The molecule has 21 heavy (non-hydrogen) atoms. The summed E-state index contributed by atoms with van der Waals surface area (Å²) in [6, 6.07) is 6.52. The van der Waals surface area contributed by atoms with Crippen molar-refractivity contribution in [2.24, 2.45) is 5.92 Å². The lowest BCUT2D eigenvalue weighted by Crippen LogP contribution is -2.60. The maximum atomic E-state index is 12.5. The third-order valence-electron chi connectivity index (χ3n) is 4.12. The first-order valence-corrected chi connectivity index (χ1v) is 7.21. The molecule has 5 nitrogen and oxygen atoms in total. The molecule has 0 bridgehead atoms. The summed E-state index contributed by atoms with van der Waals surface area (Å²) in [5.41, 5.74) is -0.326. The number of aromatic hydroxyl groups is 1. The molecule has 0 spiro atoms. The molecule has 0 radical (unpaired) electrons. The lowest BCUT2D eigenvalue weighted by molar-refractivity contribution is -0.249. The first-order chi connectivity index (χ1) is 9.62. The van der Waals surface area contributed by atoms with Gasteiger partial charge in [-0.2, -0.15) is 5.06 Å². The van der Waals surface area contributed by atoms with E-state index in [4.69, 9.17) is 0 Å². The van der Waals surface area contributed by atoms with Crippen molar-refractivity contribution < 1.29 is 15.1 Å². The number of phenolic OH excluding ortho intramolecular Hbond substituents is 1. The smallest absolute Gasteiger partial charge is 0.227 e. The Hall–Kier alpha value is -1.59. The second-order valence-corrected chi connectivity index (χ2v) is 7.08. The number of anilines is 1. The molecule has 2 rings (SSSR count). The largest absolute Gasteiger partial charge is 0.508 e. The number of amides is 1. The van der Waals surface area contributed by atoms with Crippen LogP contribution in [0.1, 0.15) is 40.5 Å². The van der Waals surface area contributed by atoms with Gasteiger partial charge in [-0.25, -0.2) is 0 Å². The minimum atomic E-state index is -0.456. The lowest BCUT2D eigenvalue weighted by atomic mass is 9.75. The number of piperidine rings is 1. The lowest BCUT2D eigenvalue weighted by Gasteiger charge is -2.51. The summed E-state index contributed by atoms with van der Waals surface area (Å²) >= 11 is 0. The summed E-state index contributed by atoms with van der Waals surface area (Å²) in [5, 5.41) is 23.9. The highest BCUT2D eigenvalue weighted by Crippen LogP contribution is 2.40. The number of rotatable bonds is 2. The number of hydrogen-bond donors (Lipinski definition) is 3. The van der Waals surface area contributed by atoms with Crippen molar-refractivity contribution in [3.63, 3.8) is 0 Å². The van der Waals surface area contributed by atoms with E-state index in [2.05, 4.69) is 5.32 Å². The van der Waals surface area contributed by atoms with Crippen LogP contribution in [0, 0.1) is 5.92 Å². The number of benzene rings is 1. The summed E-state index contributed by atoms with van der Waals surface area (Å²) in [4.78, 5) is 12.5. The SMILES string of the molecule is CC1(C)CC(C(=O)Nc2cccc(O)c2)CC(C)(C)N1O. The Morgan fingerprint density at radius 2 is 1.81 bits per heavy atom. The Bertz CT molecular complexity index is 522. The van der Waals surface area contributed by atoms with Gasteiger partial charge in [-0.05, 0) is 52.7 Å². The van der Waals surface area contributed by atoms with Crippen molar-refractivity contribution in [1.82, 2.24) is 5.06 Å². The molecular formula is C16H24N2O3. The van der Waals surface area contributed by atoms with Crippen LogP contribution in [-0.4, -0.2) is 32.4 Å². The van der Waals surface area contributed by atoms with E-state index in [1.807, 2.05) is 27.7 Å². The van der Waals surface area contributed by atoms with Crippen LogP contribution >= 0.6 is 0 Å². The highest BCUT2D eigenvalue weighted by Gasteiger charge is 2.47. The molecule has 3 N–H and O–H groups in total. The van der Waals surface area contributed by atoms with Crippen LogP contribution < -0.4 is 5.32 Å². The average Bonchev–Trinajstić information content (AvgIpc) is 2.35. The summed E-state index contributed by atoms with van der Waals surface area (Å²) in [5.74, 6) is -0.130. The van der Waals surface area contributed by atoms with Gasteiger partial charge in [-0.1, -0.05) is 6.07 Å². The number of nitrogens with zero attached hydrogens (tertiary/aromatic N) is 1. The van der Waals surface area contributed by atoms with Crippen LogP contribution in [0.25, 0.3) is 0 Å². The van der Waals surface area contributed by atoms with Gasteiger partial charge in [0.05, 0.1) is 0 Å². The van der Waals surface area contributed by atoms with Gasteiger partial charge >= 0.3 is 0 Å². The molecule has 0 unspecified atom stereocenters. The highest BCUT2D eigenvalue weighted by molar-refractivity contribution is 5.92. The number of hydroxylamine groups is 2. The monoisotopic (exact) mass is 292 g/mol. The second-order valence-electron chi connectivity index (χ2n) is 7.08. The van der Waals surface area contributed by atoms with Crippen LogP contribution in [-0.2, 0) is 4.79 Å². The molecule has 1 aromatic carbocycles. The van der Waals surface area contributed by atoms with Crippen molar-refractivity contribution in [2.75, 3.05) is 5.32 Å². The normalized spacial score (nSPS) is 22.0. The third-order valence-corrected chi connectivity index (χ3v) is 4.12. The van der Waals surface area contributed by atoms with Crippen LogP contribution in [0.5, 0.6) is 5.75 Å². The third kappa shape index (κ3) is 3.36. The van der Waals surface area contributed by atoms with Gasteiger partial charge in [0.15, 0.2) is 0 Å². The predicted molar refractivity (Wildman–Crippen MR) is 81.2 cm³/mol. The molecule has 0 saturated carbocycles. The first-order valence-electron chi connectivity index (χ1n) is 7.21. The van der Waals surface area contributed by atoms with E-state index in [0.717, 1.165) is 0 Å². The average molecular weight is 292 g/mol. The maximum absolute atomic E-state index is 12.5. The molecular weight excluding hydrogens is 268 g/mol. The van der Waals surface area contributed by atoms with Crippen molar-refractivity contribution in [3.05, 3.63) is 24.3 Å². The fraction of sp³-hybridized carbons (Fsp3) is 0.562. The zero-order valence-corrected chi connectivity index (χ0v) is 13.1. The molecule has 0 aromatic heterocycles. The molecule has 0 atom stereocenters. The molecule has 116 valence electrons. The summed E-state index contributed by atoms with van der Waals surface area (Å²) in [6.07, 6.45) is 1.16. The Morgan fingerprint density at radius 3 is 2.33 bits per heavy atom.